The first kappa shape index (κ1) is 16.3. The Balaban J connectivity index is 1.60. The number of oxazole rings is 1. The van der Waals surface area contributed by atoms with E-state index < -0.39 is 0 Å². The molecule has 4 rings (SSSR count). The highest BCUT2D eigenvalue weighted by atomic mass is 32.1. The van der Waals surface area contributed by atoms with Crippen molar-refractivity contribution >= 4 is 32.9 Å². The lowest BCUT2D eigenvalue weighted by Crippen LogP contribution is -1.89. The lowest BCUT2D eigenvalue weighted by molar-refractivity contribution is 0.337. The number of rotatable bonds is 5. The van der Waals surface area contributed by atoms with Gasteiger partial charge in [0.2, 0.25) is 11.0 Å². The highest BCUT2D eigenvalue weighted by Gasteiger charge is 2.12. The first-order valence-corrected chi connectivity index (χ1v) is 8.87. The molecule has 1 N–H and O–H groups in total. The zero-order valence-corrected chi connectivity index (χ0v) is 14.7. The second-order valence-corrected chi connectivity index (χ2v) is 6.40. The Morgan fingerprint density at radius 3 is 2.85 bits per heavy atom. The normalized spacial score (nSPS) is 11.4. The SMILES string of the molecule is CCOc1ccc2nc(/N=C/c3nc(-c4ccccc4)oc3O)sc2c1. The molecule has 0 aliphatic rings. The number of aromatic nitrogens is 2. The summed E-state index contributed by atoms with van der Waals surface area (Å²) < 4.78 is 11.8. The van der Waals surface area contributed by atoms with Crippen LogP contribution in [0.3, 0.4) is 0 Å². The smallest absolute Gasteiger partial charge is 0.312 e. The summed E-state index contributed by atoms with van der Waals surface area (Å²) in [4.78, 5) is 13.0. The number of hydrogen-bond donors (Lipinski definition) is 1. The van der Waals surface area contributed by atoms with Gasteiger partial charge in [0, 0.05) is 5.56 Å². The standard InChI is InChI=1S/C19H15N3O3S/c1-2-24-13-8-9-14-16(10-13)26-19(22-14)20-11-15-18(23)25-17(21-15)12-6-4-3-5-7-12/h3-11,23H,2H2,1H3/b20-11+. The van der Waals surface area contributed by atoms with Crippen LogP contribution < -0.4 is 4.74 Å². The van der Waals surface area contributed by atoms with E-state index in [9.17, 15) is 5.11 Å². The Morgan fingerprint density at radius 1 is 1.19 bits per heavy atom. The van der Waals surface area contributed by atoms with Crippen molar-refractivity contribution in [1.82, 2.24) is 9.97 Å². The second kappa shape index (κ2) is 6.97. The molecule has 2 aromatic carbocycles. The Hall–Kier alpha value is -3.19. The van der Waals surface area contributed by atoms with Crippen molar-refractivity contribution in [2.24, 2.45) is 4.99 Å². The van der Waals surface area contributed by atoms with Gasteiger partial charge >= 0.3 is 5.95 Å². The average molecular weight is 365 g/mol. The Labute approximate surface area is 153 Å². The molecule has 0 aliphatic carbocycles. The first-order chi connectivity index (χ1) is 12.7. The fourth-order valence-corrected chi connectivity index (χ4v) is 3.27. The predicted molar refractivity (Wildman–Crippen MR) is 102 cm³/mol. The number of fused-ring (bicyclic) bond motifs is 1. The van der Waals surface area contributed by atoms with Gasteiger partial charge in [0.1, 0.15) is 5.75 Å². The molecule has 0 fully saturated rings. The van der Waals surface area contributed by atoms with Gasteiger partial charge < -0.3 is 14.3 Å². The number of ether oxygens (including phenoxy) is 1. The minimum Gasteiger partial charge on any atom is -0.494 e. The van der Waals surface area contributed by atoms with Crippen LogP contribution in [0, 0.1) is 0 Å². The Bertz CT molecular complexity index is 1070. The number of thiazole rings is 1. The Morgan fingerprint density at radius 2 is 2.04 bits per heavy atom. The summed E-state index contributed by atoms with van der Waals surface area (Å²) in [6, 6.07) is 15.1. The van der Waals surface area contributed by atoms with Crippen LogP contribution in [0.1, 0.15) is 12.6 Å². The fraction of sp³-hybridized carbons (Fsp3) is 0.105. The van der Waals surface area contributed by atoms with Crippen LogP contribution in [0.2, 0.25) is 0 Å². The minimum atomic E-state index is -0.271. The monoisotopic (exact) mass is 365 g/mol. The maximum absolute atomic E-state index is 9.95. The summed E-state index contributed by atoms with van der Waals surface area (Å²) in [5.41, 5.74) is 1.89. The molecule has 0 spiro atoms. The highest BCUT2D eigenvalue weighted by Crippen LogP contribution is 2.31. The van der Waals surface area contributed by atoms with Gasteiger partial charge in [-0.1, -0.05) is 29.5 Å². The number of aliphatic imine (C=N–C) groups is 1. The lowest BCUT2D eigenvalue weighted by atomic mass is 10.2. The molecule has 0 atom stereocenters. The third-order valence-corrected chi connectivity index (χ3v) is 4.54. The third kappa shape index (κ3) is 3.29. The van der Waals surface area contributed by atoms with Crippen molar-refractivity contribution in [2.75, 3.05) is 6.61 Å². The van der Waals surface area contributed by atoms with E-state index in [0.29, 0.717) is 17.6 Å². The molecule has 0 saturated heterocycles. The number of nitrogens with zero attached hydrogens (tertiary/aromatic N) is 3. The van der Waals surface area contributed by atoms with Gasteiger partial charge in [0.05, 0.1) is 23.0 Å². The molecular weight excluding hydrogens is 350 g/mol. The largest absolute Gasteiger partial charge is 0.494 e. The van der Waals surface area contributed by atoms with Crippen molar-refractivity contribution in [2.45, 2.75) is 6.92 Å². The molecule has 0 saturated carbocycles. The van der Waals surface area contributed by atoms with Crippen LogP contribution >= 0.6 is 11.3 Å². The molecule has 2 heterocycles. The van der Waals surface area contributed by atoms with E-state index in [1.54, 1.807) is 0 Å². The summed E-state index contributed by atoms with van der Waals surface area (Å²) in [5, 5.41) is 10.5. The van der Waals surface area contributed by atoms with Gasteiger partial charge in [0.25, 0.3) is 0 Å². The molecule has 0 radical (unpaired) electrons. The third-order valence-electron chi connectivity index (χ3n) is 3.61. The topological polar surface area (TPSA) is 80.7 Å². The highest BCUT2D eigenvalue weighted by molar-refractivity contribution is 7.22. The number of aromatic hydroxyl groups is 1. The first-order valence-electron chi connectivity index (χ1n) is 8.05. The summed E-state index contributed by atoms with van der Waals surface area (Å²) >= 11 is 1.44. The van der Waals surface area contributed by atoms with Crippen molar-refractivity contribution in [3.63, 3.8) is 0 Å². The van der Waals surface area contributed by atoms with E-state index in [1.807, 2.05) is 55.5 Å². The maximum Gasteiger partial charge on any atom is 0.312 e. The van der Waals surface area contributed by atoms with Gasteiger partial charge in [-0.15, -0.1) is 0 Å². The molecule has 130 valence electrons. The van der Waals surface area contributed by atoms with Gasteiger partial charge in [-0.25, -0.2) is 15.0 Å². The zero-order valence-electron chi connectivity index (χ0n) is 13.9. The van der Waals surface area contributed by atoms with E-state index in [4.69, 9.17) is 9.15 Å². The van der Waals surface area contributed by atoms with Gasteiger partial charge in [0.15, 0.2) is 5.69 Å². The molecule has 0 unspecified atom stereocenters. The number of hydrogen-bond acceptors (Lipinski definition) is 7. The molecule has 26 heavy (non-hydrogen) atoms. The van der Waals surface area contributed by atoms with E-state index >= 15 is 0 Å². The lowest BCUT2D eigenvalue weighted by Gasteiger charge is -2.00. The Kier molecular flexibility index (Phi) is 4.37. The predicted octanol–water partition coefficient (Wildman–Crippen LogP) is 4.81. The van der Waals surface area contributed by atoms with Gasteiger partial charge in [-0.3, -0.25) is 0 Å². The van der Waals surface area contributed by atoms with Gasteiger partial charge in [-0.05, 0) is 37.3 Å². The fourth-order valence-electron chi connectivity index (χ4n) is 2.43. The van der Waals surface area contributed by atoms with Crippen LogP contribution in [-0.2, 0) is 0 Å². The number of benzene rings is 2. The van der Waals surface area contributed by atoms with Crippen molar-refractivity contribution in [3.8, 4) is 23.1 Å². The van der Waals surface area contributed by atoms with Gasteiger partial charge in [-0.2, -0.15) is 0 Å². The van der Waals surface area contributed by atoms with Crippen LogP contribution in [0.25, 0.3) is 21.7 Å². The van der Waals surface area contributed by atoms with Crippen molar-refractivity contribution in [1.29, 1.82) is 0 Å². The molecular formula is C19H15N3O3S. The minimum absolute atomic E-state index is 0.262. The summed E-state index contributed by atoms with van der Waals surface area (Å²) in [6.07, 6.45) is 1.45. The summed E-state index contributed by atoms with van der Waals surface area (Å²) in [6.45, 7) is 2.56. The molecule has 2 aromatic heterocycles. The summed E-state index contributed by atoms with van der Waals surface area (Å²) in [7, 11) is 0. The van der Waals surface area contributed by atoms with Crippen LogP contribution in [0.15, 0.2) is 57.9 Å². The van der Waals surface area contributed by atoms with Crippen LogP contribution in [-0.4, -0.2) is 27.9 Å². The molecule has 6 nitrogen and oxygen atoms in total. The maximum atomic E-state index is 9.95. The molecule has 0 amide bonds. The molecule has 0 aliphatic heterocycles. The van der Waals surface area contributed by atoms with E-state index in [2.05, 4.69) is 15.0 Å². The van der Waals surface area contributed by atoms with Crippen molar-refractivity contribution in [3.05, 3.63) is 54.2 Å². The van der Waals surface area contributed by atoms with E-state index in [1.165, 1.54) is 17.6 Å². The van der Waals surface area contributed by atoms with Crippen molar-refractivity contribution < 1.29 is 14.3 Å². The summed E-state index contributed by atoms with van der Waals surface area (Å²) in [5.74, 6) is 0.878. The molecule has 7 heteroatoms. The average Bonchev–Trinajstić information content (AvgIpc) is 3.23. The van der Waals surface area contributed by atoms with E-state index in [0.717, 1.165) is 21.5 Å². The van der Waals surface area contributed by atoms with Crippen LogP contribution in [0.5, 0.6) is 11.7 Å². The van der Waals surface area contributed by atoms with E-state index in [-0.39, 0.29) is 11.6 Å². The quantitative estimate of drug-likeness (QED) is 0.514. The molecule has 4 aromatic rings. The molecule has 0 bridgehead atoms. The van der Waals surface area contributed by atoms with Crippen LogP contribution in [0.4, 0.5) is 5.13 Å². The second-order valence-electron chi connectivity index (χ2n) is 5.39. The zero-order chi connectivity index (χ0) is 17.9.